The smallest absolute Gasteiger partial charge is 0.437 e. The van der Waals surface area contributed by atoms with Gasteiger partial charge in [-0.25, -0.2) is 9.59 Å². The summed E-state index contributed by atoms with van der Waals surface area (Å²) in [7, 11) is 1.31. The van der Waals surface area contributed by atoms with Crippen molar-refractivity contribution in [1.82, 2.24) is 9.78 Å². The van der Waals surface area contributed by atoms with E-state index in [1.165, 1.54) is 24.7 Å². The molecule has 0 saturated heterocycles. The van der Waals surface area contributed by atoms with Gasteiger partial charge < -0.3 is 18.9 Å². The number of ether oxygens (including phenoxy) is 1. The number of aromatic nitrogens is 2. The van der Waals surface area contributed by atoms with Crippen molar-refractivity contribution < 1.29 is 23.2 Å². The Labute approximate surface area is 162 Å². The Hall–Kier alpha value is -3.14. The van der Waals surface area contributed by atoms with Crippen LogP contribution < -0.4 is 11.1 Å². The van der Waals surface area contributed by atoms with E-state index in [1.54, 1.807) is 12.1 Å². The van der Waals surface area contributed by atoms with Crippen LogP contribution in [0.25, 0.3) is 11.7 Å². The van der Waals surface area contributed by atoms with Crippen LogP contribution in [0.1, 0.15) is 33.6 Å². The molecule has 0 fully saturated rings. The number of thiophene rings is 1. The number of amides is 1. The number of rotatable bonds is 5. The molecule has 3 aromatic rings. The van der Waals surface area contributed by atoms with Gasteiger partial charge in [-0.05, 0) is 43.4 Å². The number of nitrogens with one attached hydrogen (secondary N) is 1. The molecule has 0 aliphatic heterocycles. The average Bonchev–Trinajstić information content (AvgIpc) is 3.40. The summed E-state index contributed by atoms with van der Waals surface area (Å²) in [5, 5.41) is 7.12. The van der Waals surface area contributed by atoms with E-state index >= 15 is 0 Å². The van der Waals surface area contributed by atoms with Crippen molar-refractivity contribution in [1.29, 1.82) is 0 Å². The largest absolute Gasteiger partial charge is 0.465 e. The number of aryl methyl sites for hydroxylation is 1. The van der Waals surface area contributed by atoms with Crippen molar-refractivity contribution in [3.63, 3.8) is 0 Å². The van der Waals surface area contributed by atoms with Crippen LogP contribution in [-0.4, -0.2) is 28.8 Å². The van der Waals surface area contributed by atoms with Crippen LogP contribution in [0, 0.1) is 0 Å². The first kappa shape index (κ1) is 18.2. The Morgan fingerprint density at radius 2 is 2.18 bits per heavy atom. The molecular weight excluding hydrogens is 386 g/mol. The van der Waals surface area contributed by atoms with Gasteiger partial charge in [0.1, 0.15) is 11.5 Å². The third-order valence-electron chi connectivity index (χ3n) is 4.45. The molecule has 10 heteroatoms. The molecule has 0 bridgehead atoms. The van der Waals surface area contributed by atoms with Crippen LogP contribution in [0.3, 0.4) is 0 Å². The SMILES string of the molecule is COC(=O)c1c(NC(=O)Cn2nc(-c3ccco3)oc2=O)sc2c1CCCC2. The van der Waals surface area contributed by atoms with Crippen LogP contribution in [0.5, 0.6) is 0 Å². The number of furan rings is 1. The summed E-state index contributed by atoms with van der Waals surface area (Å²) in [6, 6.07) is 3.22. The molecule has 0 atom stereocenters. The Bertz CT molecular complexity index is 1080. The molecule has 1 aliphatic carbocycles. The van der Waals surface area contributed by atoms with Gasteiger partial charge in [0.15, 0.2) is 5.76 Å². The molecule has 28 heavy (non-hydrogen) atoms. The molecule has 0 aromatic carbocycles. The normalized spacial score (nSPS) is 13.2. The summed E-state index contributed by atoms with van der Waals surface area (Å²) in [5.41, 5.74) is 1.34. The second kappa shape index (κ2) is 7.47. The first-order valence-corrected chi connectivity index (χ1v) is 9.53. The lowest BCUT2D eigenvalue weighted by Crippen LogP contribution is -2.26. The van der Waals surface area contributed by atoms with E-state index in [2.05, 4.69) is 10.4 Å². The van der Waals surface area contributed by atoms with E-state index in [-0.39, 0.29) is 18.2 Å². The summed E-state index contributed by atoms with van der Waals surface area (Å²) in [5.74, 6) is -1.47. The number of carbonyl (C=O) groups is 2. The zero-order valence-corrected chi connectivity index (χ0v) is 15.8. The zero-order valence-electron chi connectivity index (χ0n) is 15.0. The maximum atomic E-state index is 12.5. The van der Waals surface area contributed by atoms with Gasteiger partial charge in [0.05, 0.1) is 18.9 Å². The third kappa shape index (κ3) is 3.38. The maximum Gasteiger partial charge on any atom is 0.437 e. The Kier molecular flexibility index (Phi) is 4.86. The molecule has 0 unspecified atom stereocenters. The molecule has 1 N–H and O–H groups in total. The average molecular weight is 403 g/mol. The minimum atomic E-state index is -0.778. The highest BCUT2D eigenvalue weighted by molar-refractivity contribution is 7.17. The topological polar surface area (TPSA) is 117 Å². The quantitative estimate of drug-likeness (QED) is 0.650. The Balaban J connectivity index is 1.55. The number of nitrogens with zero attached hydrogens (tertiary/aromatic N) is 2. The fraction of sp³-hybridized carbons (Fsp3) is 0.333. The predicted octanol–water partition coefficient (Wildman–Crippen LogP) is 2.46. The van der Waals surface area contributed by atoms with Crippen LogP contribution in [-0.2, 0) is 28.9 Å². The number of carbonyl (C=O) groups excluding carboxylic acids is 2. The number of methoxy groups -OCH3 is 1. The molecule has 9 nitrogen and oxygen atoms in total. The molecule has 0 saturated carbocycles. The van der Waals surface area contributed by atoms with E-state index in [0.29, 0.717) is 10.6 Å². The molecular formula is C18H17N3O6S. The van der Waals surface area contributed by atoms with Crippen LogP contribution in [0.4, 0.5) is 5.00 Å². The van der Waals surface area contributed by atoms with Gasteiger partial charge in [-0.2, -0.15) is 4.68 Å². The highest BCUT2D eigenvalue weighted by Gasteiger charge is 2.27. The molecule has 4 rings (SSSR count). The van der Waals surface area contributed by atoms with Gasteiger partial charge in [0, 0.05) is 4.88 Å². The molecule has 3 heterocycles. The van der Waals surface area contributed by atoms with Crippen molar-refractivity contribution in [2.45, 2.75) is 32.2 Å². The molecule has 3 aromatic heterocycles. The fourth-order valence-electron chi connectivity index (χ4n) is 3.18. The molecule has 1 amide bonds. The van der Waals surface area contributed by atoms with Crippen molar-refractivity contribution in [3.8, 4) is 11.7 Å². The Morgan fingerprint density at radius 1 is 1.36 bits per heavy atom. The van der Waals surface area contributed by atoms with Crippen molar-refractivity contribution >= 4 is 28.2 Å². The molecule has 146 valence electrons. The van der Waals surface area contributed by atoms with Crippen molar-refractivity contribution in [3.05, 3.63) is 45.0 Å². The van der Waals surface area contributed by atoms with E-state index in [0.717, 1.165) is 40.8 Å². The minimum Gasteiger partial charge on any atom is -0.465 e. The van der Waals surface area contributed by atoms with Gasteiger partial charge in [-0.15, -0.1) is 16.4 Å². The third-order valence-corrected chi connectivity index (χ3v) is 5.65. The van der Waals surface area contributed by atoms with Crippen molar-refractivity contribution in [2.75, 3.05) is 12.4 Å². The first-order valence-electron chi connectivity index (χ1n) is 8.71. The van der Waals surface area contributed by atoms with Crippen LogP contribution in [0.2, 0.25) is 0 Å². The molecule has 1 aliphatic rings. The van der Waals surface area contributed by atoms with E-state index < -0.39 is 17.6 Å². The zero-order chi connectivity index (χ0) is 19.7. The lowest BCUT2D eigenvalue weighted by atomic mass is 9.95. The second-order valence-corrected chi connectivity index (χ2v) is 7.37. The molecule has 0 spiro atoms. The predicted molar refractivity (Wildman–Crippen MR) is 99.4 cm³/mol. The highest BCUT2D eigenvalue weighted by Crippen LogP contribution is 2.38. The number of esters is 1. The number of hydrogen-bond donors (Lipinski definition) is 1. The summed E-state index contributed by atoms with van der Waals surface area (Å²) < 4.78 is 15.9. The van der Waals surface area contributed by atoms with Crippen LogP contribution >= 0.6 is 11.3 Å². The van der Waals surface area contributed by atoms with E-state index in [4.69, 9.17) is 13.6 Å². The lowest BCUT2D eigenvalue weighted by Gasteiger charge is -2.11. The lowest BCUT2D eigenvalue weighted by molar-refractivity contribution is -0.117. The van der Waals surface area contributed by atoms with Crippen molar-refractivity contribution in [2.24, 2.45) is 0 Å². The first-order chi connectivity index (χ1) is 13.6. The Morgan fingerprint density at radius 3 is 2.93 bits per heavy atom. The van der Waals surface area contributed by atoms with E-state index in [1.807, 2.05) is 0 Å². The number of anilines is 1. The summed E-state index contributed by atoms with van der Waals surface area (Å²) in [4.78, 5) is 37.7. The standard InChI is InChI=1S/C18H17N3O6S/c1-25-17(23)14-10-5-2-3-7-12(10)28-16(14)19-13(22)9-21-18(24)27-15(20-21)11-6-4-8-26-11/h4,6,8H,2-3,5,7,9H2,1H3,(H,19,22). The summed E-state index contributed by atoms with van der Waals surface area (Å²) >= 11 is 1.37. The molecule has 0 radical (unpaired) electrons. The summed E-state index contributed by atoms with van der Waals surface area (Å²) in [6.07, 6.45) is 5.11. The van der Waals surface area contributed by atoms with Gasteiger partial charge in [0.2, 0.25) is 5.91 Å². The fourth-order valence-corrected chi connectivity index (χ4v) is 4.47. The minimum absolute atomic E-state index is 0.00959. The van der Waals surface area contributed by atoms with Crippen LogP contribution in [0.15, 0.2) is 32.0 Å². The van der Waals surface area contributed by atoms with E-state index in [9.17, 15) is 14.4 Å². The number of fused-ring (bicyclic) bond motifs is 1. The summed E-state index contributed by atoms with van der Waals surface area (Å²) in [6.45, 7) is -0.355. The second-order valence-electron chi connectivity index (χ2n) is 6.26. The van der Waals surface area contributed by atoms with Gasteiger partial charge in [-0.1, -0.05) is 0 Å². The van der Waals surface area contributed by atoms with Gasteiger partial charge in [0.25, 0.3) is 5.89 Å². The monoisotopic (exact) mass is 403 g/mol. The highest BCUT2D eigenvalue weighted by atomic mass is 32.1. The number of hydrogen-bond acceptors (Lipinski definition) is 8. The van der Waals surface area contributed by atoms with Gasteiger partial charge in [-0.3, -0.25) is 4.79 Å². The van der Waals surface area contributed by atoms with Gasteiger partial charge >= 0.3 is 11.7 Å². The maximum absolute atomic E-state index is 12.5.